The molecule has 4 heteroatoms. The van der Waals surface area contributed by atoms with Crippen LogP contribution in [0.3, 0.4) is 0 Å². The number of hydrogen-bond acceptors (Lipinski definition) is 4. The van der Waals surface area contributed by atoms with Gasteiger partial charge >= 0.3 is 0 Å². The first-order valence-electron chi connectivity index (χ1n) is 17.2. The van der Waals surface area contributed by atoms with E-state index >= 15 is 0 Å². The molecule has 1 aliphatic rings. The molecule has 0 bridgehead atoms. The maximum absolute atomic E-state index is 9.63. The molecule has 0 fully saturated rings. The maximum atomic E-state index is 9.63. The van der Waals surface area contributed by atoms with Crippen molar-refractivity contribution in [2.24, 2.45) is 0 Å². The summed E-state index contributed by atoms with van der Waals surface area (Å²) in [7, 11) is 0. The molecule has 0 spiro atoms. The molecule has 2 heterocycles. The monoisotopic (exact) mass is 652 g/mol. The van der Waals surface area contributed by atoms with Crippen molar-refractivity contribution >= 4 is 10.9 Å². The van der Waals surface area contributed by atoms with Crippen molar-refractivity contribution in [1.29, 1.82) is 5.26 Å². The Labute approximate surface area is 297 Å². The van der Waals surface area contributed by atoms with Crippen LogP contribution in [0.2, 0.25) is 0 Å². The van der Waals surface area contributed by atoms with Crippen LogP contribution in [-0.2, 0) is 5.41 Å². The van der Waals surface area contributed by atoms with Crippen LogP contribution < -0.4 is 0 Å². The molecule has 0 N–H and O–H groups in total. The van der Waals surface area contributed by atoms with Crippen LogP contribution in [0.25, 0.3) is 78.2 Å². The van der Waals surface area contributed by atoms with Gasteiger partial charge in [-0.15, -0.1) is 0 Å². The fourth-order valence-corrected chi connectivity index (χ4v) is 7.40. The Bertz CT molecular complexity index is 2670. The second-order valence-corrected chi connectivity index (χ2v) is 13.7. The summed E-state index contributed by atoms with van der Waals surface area (Å²) >= 11 is 0. The number of nitrogens with zero attached hydrogens (tertiary/aromatic N) is 4. The summed E-state index contributed by atoms with van der Waals surface area (Å²) < 4.78 is 0. The Morgan fingerprint density at radius 2 is 1.10 bits per heavy atom. The molecular weight excluding hydrogens is 621 g/mol. The quantitative estimate of drug-likeness (QED) is 0.186. The lowest BCUT2D eigenvalue weighted by atomic mass is 9.81. The molecule has 0 amide bonds. The fourth-order valence-electron chi connectivity index (χ4n) is 7.40. The second kappa shape index (κ2) is 12.0. The molecule has 6 aromatic carbocycles. The lowest BCUT2D eigenvalue weighted by Gasteiger charge is -2.22. The third kappa shape index (κ3) is 5.37. The van der Waals surface area contributed by atoms with Gasteiger partial charge in [-0.05, 0) is 99.1 Å². The fraction of sp³-hybridized carbons (Fsp3) is 0.0638. The summed E-state index contributed by atoms with van der Waals surface area (Å²) in [6.45, 7) is 4.50. The van der Waals surface area contributed by atoms with Gasteiger partial charge in [-0.1, -0.05) is 111 Å². The number of hydrogen-bond donors (Lipinski definition) is 0. The lowest BCUT2D eigenvalue weighted by Crippen LogP contribution is -2.15. The molecule has 0 aliphatic heterocycles. The zero-order valence-corrected chi connectivity index (χ0v) is 28.3. The minimum atomic E-state index is -0.247. The van der Waals surface area contributed by atoms with Crippen LogP contribution in [0.15, 0.2) is 158 Å². The molecule has 51 heavy (non-hydrogen) atoms. The van der Waals surface area contributed by atoms with E-state index in [4.69, 9.17) is 15.0 Å². The molecule has 1 aliphatic carbocycles. The van der Waals surface area contributed by atoms with Crippen molar-refractivity contribution in [3.8, 4) is 73.4 Å². The summed E-state index contributed by atoms with van der Waals surface area (Å²) in [6, 6.07) is 54.9. The smallest absolute Gasteiger partial charge is 0.160 e. The van der Waals surface area contributed by atoms with Gasteiger partial charge in [-0.3, -0.25) is 4.98 Å². The predicted molar refractivity (Wildman–Crippen MR) is 207 cm³/mol. The first-order valence-corrected chi connectivity index (χ1v) is 17.2. The highest BCUT2D eigenvalue weighted by molar-refractivity contribution is 5.87. The summed E-state index contributed by atoms with van der Waals surface area (Å²) in [4.78, 5) is 15.2. The van der Waals surface area contributed by atoms with E-state index in [9.17, 15) is 5.26 Å². The summed E-state index contributed by atoms with van der Waals surface area (Å²) in [5.74, 6) is 0.650. The van der Waals surface area contributed by atoms with E-state index in [1.54, 1.807) is 0 Å². The molecule has 0 radical (unpaired) electrons. The second-order valence-electron chi connectivity index (χ2n) is 13.7. The van der Waals surface area contributed by atoms with Gasteiger partial charge in [0, 0.05) is 33.7 Å². The average molecular weight is 653 g/mol. The standard InChI is InChI=1S/C47H32N4/c1-47(2)41-21-30(28-48)17-19-39(41)40-20-18-33(26-42(40)47)36-23-35(31-11-5-3-6-12-31)24-37(25-36)46-50-44(32-13-7-4-8-14-32)27-45(51-46)38-22-34-15-9-10-16-43(34)49-29-38/h3-27,29H,1-2H3. The van der Waals surface area contributed by atoms with Crippen molar-refractivity contribution in [1.82, 2.24) is 15.0 Å². The normalized spacial score (nSPS) is 12.6. The molecule has 0 unspecified atom stereocenters. The van der Waals surface area contributed by atoms with E-state index in [1.807, 2.05) is 60.8 Å². The van der Waals surface area contributed by atoms with E-state index < -0.39 is 0 Å². The average Bonchev–Trinajstić information content (AvgIpc) is 3.42. The van der Waals surface area contributed by atoms with Crippen molar-refractivity contribution in [3.05, 3.63) is 175 Å². The number of pyridine rings is 1. The van der Waals surface area contributed by atoms with Gasteiger partial charge in [0.15, 0.2) is 5.82 Å². The van der Waals surface area contributed by atoms with Crippen LogP contribution in [0, 0.1) is 11.3 Å². The third-order valence-electron chi connectivity index (χ3n) is 10.1. The van der Waals surface area contributed by atoms with Gasteiger partial charge in [-0.2, -0.15) is 5.26 Å². The largest absolute Gasteiger partial charge is 0.256 e. The minimum absolute atomic E-state index is 0.247. The van der Waals surface area contributed by atoms with Crippen LogP contribution >= 0.6 is 0 Å². The number of rotatable bonds is 5. The minimum Gasteiger partial charge on any atom is -0.256 e. The van der Waals surface area contributed by atoms with E-state index in [0.717, 1.165) is 61.2 Å². The lowest BCUT2D eigenvalue weighted by molar-refractivity contribution is 0.660. The molecule has 240 valence electrons. The van der Waals surface area contributed by atoms with Crippen molar-refractivity contribution in [2.45, 2.75) is 19.3 Å². The molecule has 4 nitrogen and oxygen atoms in total. The Morgan fingerprint density at radius 3 is 1.84 bits per heavy atom. The Kier molecular flexibility index (Phi) is 7.15. The molecule has 8 aromatic rings. The SMILES string of the molecule is CC1(C)c2cc(C#N)ccc2-c2ccc(-c3cc(-c4ccccc4)cc(-c4nc(-c5ccccc5)cc(-c5cnc6ccccc6c5)n4)c3)cc21. The third-order valence-corrected chi connectivity index (χ3v) is 10.1. The number of nitriles is 1. The van der Waals surface area contributed by atoms with Gasteiger partial charge < -0.3 is 0 Å². The molecule has 0 saturated carbocycles. The highest BCUT2D eigenvalue weighted by Gasteiger charge is 2.36. The van der Waals surface area contributed by atoms with Crippen LogP contribution in [-0.4, -0.2) is 15.0 Å². The highest BCUT2D eigenvalue weighted by atomic mass is 14.9. The van der Waals surface area contributed by atoms with E-state index in [2.05, 4.69) is 117 Å². The topological polar surface area (TPSA) is 62.5 Å². The molecule has 0 atom stereocenters. The van der Waals surface area contributed by atoms with Gasteiger partial charge in [0.2, 0.25) is 0 Å². The van der Waals surface area contributed by atoms with Gasteiger partial charge in [-0.25, -0.2) is 9.97 Å². The van der Waals surface area contributed by atoms with Crippen molar-refractivity contribution in [2.75, 3.05) is 0 Å². The summed E-state index contributed by atoms with van der Waals surface area (Å²) in [6.07, 6.45) is 1.90. The first kappa shape index (κ1) is 30.4. The van der Waals surface area contributed by atoms with Gasteiger partial charge in [0.25, 0.3) is 0 Å². The van der Waals surface area contributed by atoms with Crippen LogP contribution in [0.4, 0.5) is 0 Å². The maximum Gasteiger partial charge on any atom is 0.160 e. The number of benzene rings is 6. The van der Waals surface area contributed by atoms with E-state index in [0.29, 0.717) is 11.4 Å². The predicted octanol–water partition coefficient (Wildman–Crippen LogP) is 11.5. The van der Waals surface area contributed by atoms with Crippen molar-refractivity contribution < 1.29 is 0 Å². The molecule has 9 rings (SSSR count). The van der Waals surface area contributed by atoms with Gasteiger partial charge in [0.05, 0.1) is 28.5 Å². The van der Waals surface area contributed by atoms with Crippen molar-refractivity contribution in [3.63, 3.8) is 0 Å². The number of aromatic nitrogens is 3. The zero-order chi connectivity index (χ0) is 34.5. The van der Waals surface area contributed by atoms with Crippen LogP contribution in [0.5, 0.6) is 0 Å². The summed E-state index contributed by atoms with van der Waals surface area (Å²) in [5.41, 5.74) is 15.2. The number of para-hydroxylation sites is 1. The van der Waals surface area contributed by atoms with E-state index in [1.165, 1.54) is 22.3 Å². The zero-order valence-electron chi connectivity index (χ0n) is 28.3. The molecular formula is C47H32N4. The summed E-state index contributed by atoms with van der Waals surface area (Å²) in [5, 5.41) is 10.7. The molecule has 2 aromatic heterocycles. The van der Waals surface area contributed by atoms with Gasteiger partial charge in [0.1, 0.15) is 0 Å². The first-order chi connectivity index (χ1) is 24.9. The Balaban J connectivity index is 1.23. The number of fused-ring (bicyclic) bond motifs is 4. The Hall–Kier alpha value is -6.70. The molecule has 0 saturated heterocycles. The van der Waals surface area contributed by atoms with Crippen LogP contribution in [0.1, 0.15) is 30.5 Å². The highest BCUT2D eigenvalue weighted by Crippen LogP contribution is 2.50. The van der Waals surface area contributed by atoms with E-state index in [-0.39, 0.29) is 5.41 Å². The Morgan fingerprint density at radius 1 is 0.490 bits per heavy atom.